The summed E-state index contributed by atoms with van der Waals surface area (Å²) in [5.41, 5.74) is 2.76. The van der Waals surface area contributed by atoms with Gasteiger partial charge in [-0.05, 0) is 55.2 Å². The van der Waals surface area contributed by atoms with Crippen LogP contribution < -0.4 is 14.8 Å². The molecule has 180 valence electrons. The number of sulfonamides is 1. The molecule has 1 atom stereocenters. The summed E-state index contributed by atoms with van der Waals surface area (Å²) in [6.07, 6.45) is 4.37. The molecule has 1 saturated heterocycles. The summed E-state index contributed by atoms with van der Waals surface area (Å²) in [5.74, 6) is 0.560. The van der Waals surface area contributed by atoms with Crippen LogP contribution in [0.5, 0.6) is 5.75 Å². The minimum absolute atomic E-state index is 0.130. The Morgan fingerprint density at radius 3 is 2.53 bits per heavy atom. The number of nitrogens with zero attached hydrogens (tertiary/aromatic N) is 2. The zero-order valence-corrected chi connectivity index (χ0v) is 20.3. The van der Waals surface area contributed by atoms with Crippen molar-refractivity contribution in [3.63, 3.8) is 0 Å². The Labute approximate surface area is 201 Å². The number of carbonyl (C=O) groups is 1. The molecule has 2 aromatic rings. The van der Waals surface area contributed by atoms with Crippen LogP contribution in [0.4, 0.5) is 5.69 Å². The molecule has 0 saturated carbocycles. The second-order valence-corrected chi connectivity index (χ2v) is 11.0. The van der Waals surface area contributed by atoms with Crippen molar-refractivity contribution in [1.82, 2.24) is 10.2 Å². The standard InChI is InChI=1S/C25H30N4O4S/c1-18(30)27-23-16-25(33-24-8-7-21(15-22(23)24)28-34(2,31)32)10-13-29(14-11-25)12-9-19-3-5-20(17-26)6-4-19/h3-8,15,23,28H,9-14,16H2,1-2H3,(H,27,30). The Morgan fingerprint density at radius 2 is 1.91 bits per heavy atom. The SMILES string of the molecule is CC(=O)NC1CC2(CCN(CCc3ccc(C#N)cc3)CC2)Oc2ccc(NS(C)(=O)=O)cc21. The van der Waals surface area contributed by atoms with Gasteiger partial charge < -0.3 is 15.0 Å². The van der Waals surface area contributed by atoms with E-state index in [2.05, 4.69) is 21.0 Å². The fourth-order valence-electron chi connectivity index (χ4n) is 4.85. The Hall–Kier alpha value is -3.09. The van der Waals surface area contributed by atoms with Crippen LogP contribution in [0.2, 0.25) is 0 Å². The molecule has 2 N–H and O–H groups in total. The van der Waals surface area contributed by atoms with E-state index in [0.717, 1.165) is 50.7 Å². The zero-order valence-electron chi connectivity index (χ0n) is 19.5. The fourth-order valence-corrected chi connectivity index (χ4v) is 5.40. The highest BCUT2D eigenvalue weighted by atomic mass is 32.2. The highest BCUT2D eigenvalue weighted by molar-refractivity contribution is 7.92. The van der Waals surface area contributed by atoms with Crippen LogP contribution in [0, 0.1) is 11.3 Å². The lowest BCUT2D eigenvalue weighted by molar-refractivity contribution is -0.120. The fraction of sp³-hybridized carbons (Fsp3) is 0.440. The average molecular weight is 483 g/mol. The Morgan fingerprint density at radius 1 is 1.21 bits per heavy atom. The maximum absolute atomic E-state index is 11.9. The van der Waals surface area contributed by atoms with Gasteiger partial charge in [0.15, 0.2) is 0 Å². The lowest BCUT2D eigenvalue weighted by Gasteiger charge is -2.47. The average Bonchev–Trinajstić information content (AvgIpc) is 2.78. The van der Waals surface area contributed by atoms with Gasteiger partial charge in [-0.1, -0.05) is 12.1 Å². The lowest BCUT2D eigenvalue weighted by Crippen LogP contribution is -2.52. The topological polar surface area (TPSA) is 112 Å². The van der Waals surface area contributed by atoms with E-state index in [1.54, 1.807) is 18.2 Å². The van der Waals surface area contributed by atoms with Crippen molar-refractivity contribution in [2.45, 2.75) is 44.2 Å². The van der Waals surface area contributed by atoms with Gasteiger partial charge in [-0.3, -0.25) is 9.52 Å². The van der Waals surface area contributed by atoms with Gasteiger partial charge in [0.25, 0.3) is 0 Å². The number of nitrogens with one attached hydrogen (secondary N) is 2. The summed E-state index contributed by atoms with van der Waals surface area (Å²) in [7, 11) is -3.40. The van der Waals surface area contributed by atoms with Crippen LogP contribution in [0.1, 0.15) is 48.9 Å². The molecule has 2 heterocycles. The number of hydrogen-bond acceptors (Lipinski definition) is 6. The molecule has 8 nitrogen and oxygen atoms in total. The number of piperidine rings is 1. The Kier molecular flexibility index (Phi) is 6.82. The van der Waals surface area contributed by atoms with E-state index in [4.69, 9.17) is 10.00 Å². The van der Waals surface area contributed by atoms with Crippen molar-refractivity contribution in [3.05, 3.63) is 59.2 Å². The minimum atomic E-state index is -3.40. The first-order valence-electron chi connectivity index (χ1n) is 11.4. The third-order valence-corrected chi connectivity index (χ3v) is 7.14. The van der Waals surface area contributed by atoms with Crippen LogP contribution in [-0.2, 0) is 21.2 Å². The number of anilines is 1. The predicted octanol–water partition coefficient (Wildman–Crippen LogP) is 2.97. The molecule has 1 unspecified atom stereocenters. The lowest BCUT2D eigenvalue weighted by atomic mass is 9.80. The minimum Gasteiger partial charge on any atom is -0.487 e. The van der Waals surface area contributed by atoms with Crippen molar-refractivity contribution in [2.75, 3.05) is 30.6 Å². The third-order valence-electron chi connectivity index (χ3n) is 6.54. The number of carbonyl (C=O) groups excluding carboxylic acids is 1. The van der Waals surface area contributed by atoms with Gasteiger partial charge >= 0.3 is 0 Å². The van der Waals surface area contributed by atoms with Crippen molar-refractivity contribution < 1.29 is 17.9 Å². The van der Waals surface area contributed by atoms with Crippen molar-refractivity contribution in [2.24, 2.45) is 0 Å². The number of ether oxygens (including phenoxy) is 1. The molecule has 2 aromatic carbocycles. The summed E-state index contributed by atoms with van der Waals surface area (Å²) < 4.78 is 32.3. The molecule has 34 heavy (non-hydrogen) atoms. The Balaban J connectivity index is 1.43. The highest BCUT2D eigenvalue weighted by Gasteiger charge is 2.43. The molecule has 0 aromatic heterocycles. The van der Waals surface area contributed by atoms with E-state index in [-0.39, 0.29) is 17.6 Å². The first-order chi connectivity index (χ1) is 16.1. The molecule has 1 spiro atoms. The summed E-state index contributed by atoms with van der Waals surface area (Å²) in [6, 6.07) is 14.9. The van der Waals surface area contributed by atoms with E-state index in [9.17, 15) is 13.2 Å². The van der Waals surface area contributed by atoms with E-state index >= 15 is 0 Å². The third kappa shape index (κ3) is 5.88. The number of fused-ring (bicyclic) bond motifs is 1. The normalized spacial score (nSPS) is 19.5. The monoisotopic (exact) mass is 482 g/mol. The second kappa shape index (κ2) is 9.65. The zero-order chi connectivity index (χ0) is 24.3. The van der Waals surface area contributed by atoms with Crippen LogP contribution in [0.15, 0.2) is 42.5 Å². The van der Waals surface area contributed by atoms with Crippen LogP contribution in [0.3, 0.4) is 0 Å². The molecule has 0 aliphatic carbocycles. The van der Waals surface area contributed by atoms with Gasteiger partial charge in [0.05, 0.1) is 23.9 Å². The summed E-state index contributed by atoms with van der Waals surface area (Å²) in [4.78, 5) is 14.4. The molecule has 4 rings (SSSR count). The van der Waals surface area contributed by atoms with Crippen molar-refractivity contribution in [3.8, 4) is 11.8 Å². The Bertz CT molecular complexity index is 1200. The summed E-state index contributed by atoms with van der Waals surface area (Å²) in [6.45, 7) is 4.22. The van der Waals surface area contributed by atoms with Crippen molar-refractivity contribution in [1.29, 1.82) is 5.26 Å². The molecule has 9 heteroatoms. The number of nitriles is 1. The van der Waals surface area contributed by atoms with Crippen LogP contribution >= 0.6 is 0 Å². The van der Waals surface area contributed by atoms with Gasteiger partial charge in [-0.2, -0.15) is 5.26 Å². The van der Waals surface area contributed by atoms with E-state index < -0.39 is 10.0 Å². The van der Waals surface area contributed by atoms with E-state index in [1.807, 2.05) is 24.3 Å². The molecule has 1 amide bonds. The molecule has 2 aliphatic heterocycles. The van der Waals surface area contributed by atoms with E-state index in [0.29, 0.717) is 23.4 Å². The molecule has 0 radical (unpaired) electrons. The number of hydrogen-bond donors (Lipinski definition) is 2. The second-order valence-electron chi connectivity index (χ2n) is 9.27. The number of likely N-dealkylation sites (tertiary alicyclic amines) is 1. The predicted molar refractivity (Wildman–Crippen MR) is 130 cm³/mol. The molecular weight excluding hydrogens is 452 g/mol. The first kappa shape index (κ1) is 24.0. The van der Waals surface area contributed by atoms with Gasteiger partial charge in [0, 0.05) is 44.2 Å². The van der Waals surface area contributed by atoms with Crippen LogP contribution in [-0.4, -0.2) is 50.7 Å². The van der Waals surface area contributed by atoms with Gasteiger partial charge in [0.2, 0.25) is 15.9 Å². The number of amides is 1. The molecule has 0 bridgehead atoms. The number of benzene rings is 2. The van der Waals surface area contributed by atoms with Gasteiger partial charge in [0.1, 0.15) is 11.4 Å². The maximum atomic E-state index is 11.9. The number of rotatable bonds is 6. The van der Waals surface area contributed by atoms with E-state index in [1.165, 1.54) is 12.5 Å². The van der Waals surface area contributed by atoms with Crippen molar-refractivity contribution >= 4 is 21.6 Å². The molecular formula is C25H30N4O4S. The van der Waals surface area contributed by atoms with Gasteiger partial charge in [-0.15, -0.1) is 0 Å². The largest absolute Gasteiger partial charge is 0.487 e. The first-order valence-corrected chi connectivity index (χ1v) is 13.3. The molecule has 1 fully saturated rings. The smallest absolute Gasteiger partial charge is 0.229 e. The summed E-state index contributed by atoms with van der Waals surface area (Å²) in [5, 5.41) is 12.0. The molecule has 2 aliphatic rings. The summed E-state index contributed by atoms with van der Waals surface area (Å²) >= 11 is 0. The quantitative estimate of drug-likeness (QED) is 0.655. The highest BCUT2D eigenvalue weighted by Crippen LogP contribution is 2.45. The maximum Gasteiger partial charge on any atom is 0.229 e. The van der Waals surface area contributed by atoms with Gasteiger partial charge in [-0.25, -0.2) is 8.42 Å². The van der Waals surface area contributed by atoms with Crippen LogP contribution in [0.25, 0.3) is 0 Å².